The normalized spacial score (nSPS) is 11.6. The molecule has 0 aromatic heterocycles. The van der Waals surface area contributed by atoms with E-state index in [9.17, 15) is 10.1 Å². The van der Waals surface area contributed by atoms with Crippen LogP contribution in [0.5, 0.6) is 0 Å². The fourth-order valence-electron chi connectivity index (χ4n) is 1.85. The second kappa shape index (κ2) is 7.34. The molecule has 0 fully saturated rings. The van der Waals surface area contributed by atoms with Crippen molar-refractivity contribution < 1.29 is 9.66 Å². The summed E-state index contributed by atoms with van der Waals surface area (Å²) in [4.78, 5) is 10.3. The summed E-state index contributed by atoms with van der Waals surface area (Å²) in [6.07, 6.45) is 1.89. The Morgan fingerprint density at radius 1 is 1.58 bits per heavy atom. The highest BCUT2D eigenvalue weighted by Gasteiger charge is 2.15. The average molecular weight is 263 g/mol. The molecule has 0 bridgehead atoms. The maximum Gasteiger partial charge on any atom is 0.289 e. The Hall–Kier alpha value is -2.13. The molecule has 1 atom stereocenters. The molecule has 0 amide bonds. The van der Waals surface area contributed by atoms with Gasteiger partial charge < -0.3 is 10.1 Å². The molecule has 0 aliphatic heterocycles. The summed E-state index contributed by atoms with van der Waals surface area (Å²) < 4.78 is 5.10. The fraction of sp³-hybridized carbons (Fsp3) is 0.462. The maximum absolute atomic E-state index is 10.9. The van der Waals surface area contributed by atoms with E-state index in [4.69, 9.17) is 10.00 Å². The van der Waals surface area contributed by atoms with Gasteiger partial charge in [0.05, 0.1) is 11.5 Å². The van der Waals surface area contributed by atoms with Crippen LogP contribution >= 0.6 is 0 Å². The van der Waals surface area contributed by atoms with Gasteiger partial charge in [0, 0.05) is 24.9 Å². The summed E-state index contributed by atoms with van der Waals surface area (Å²) in [6, 6.07) is 6.42. The summed E-state index contributed by atoms with van der Waals surface area (Å²) in [5.41, 5.74) is 0.510. The van der Waals surface area contributed by atoms with E-state index >= 15 is 0 Å². The van der Waals surface area contributed by atoms with Crippen LogP contribution in [0.2, 0.25) is 0 Å². The SMILES string of the molecule is CCCC(COC)Nc1ccc(C#N)c([N+](=O)[O-])c1. The number of nitriles is 1. The minimum Gasteiger partial charge on any atom is -0.383 e. The minimum atomic E-state index is -0.547. The van der Waals surface area contributed by atoms with E-state index in [1.165, 1.54) is 12.1 Å². The Labute approximate surface area is 112 Å². The van der Waals surface area contributed by atoms with Crippen LogP contribution in [-0.2, 0) is 4.74 Å². The largest absolute Gasteiger partial charge is 0.383 e. The van der Waals surface area contributed by atoms with Gasteiger partial charge in [0.1, 0.15) is 11.6 Å². The van der Waals surface area contributed by atoms with Crippen molar-refractivity contribution in [1.82, 2.24) is 0 Å². The van der Waals surface area contributed by atoms with Crippen molar-refractivity contribution in [3.05, 3.63) is 33.9 Å². The van der Waals surface area contributed by atoms with E-state index < -0.39 is 4.92 Å². The zero-order valence-corrected chi connectivity index (χ0v) is 11.0. The highest BCUT2D eigenvalue weighted by atomic mass is 16.6. The highest BCUT2D eigenvalue weighted by molar-refractivity contribution is 5.59. The molecule has 6 nitrogen and oxygen atoms in total. The number of nitrogens with one attached hydrogen (secondary N) is 1. The van der Waals surface area contributed by atoms with E-state index in [1.54, 1.807) is 13.2 Å². The third kappa shape index (κ3) is 4.23. The van der Waals surface area contributed by atoms with Gasteiger partial charge in [0.15, 0.2) is 0 Å². The molecule has 19 heavy (non-hydrogen) atoms. The van der Waals surface area contributed by atoms with Crippen LogP contribution < -0.4 is 5.32 Å². The number of nitro benzene ring substituents is 1. The van der Waals surface area contributed by atoms with Gasteiger partial charge in [0.2, 0.25) is 0 Å². The number of hydrogen-bond acceptors (Lipinski definition) is 5. The topological polar surface area (TPSA) is 88.2 Å². The zero-order valence-electron chi connectivity index (χ0n) is 11.0. The first-order chi connectivity index (χ1) is 9.12. The Kier molecular flexibility index (Phi) is 5.76. The Balaban J connectivity index is 2.92. The number of ether oxygens (including phenoxy) is 1. The average Bonchev–Trinajstić information content (AvgIpc) is 2.39. The summed E-state index contributed by atoms with van der Waals surface area (Å²) in [5, 5.41) is 22.9. The number of nitrogens with zero attached hydrogens (tertiary/aromatic N) is 2. The standard InChI is InChI=1S/C13H17N3O3/c1-3-4-12(9-19-2)15-11-6-5-10(8-14)13(7-11)16(17)18/h5-7,12,15H,3-4,9H2,1-2H3. The Morgan fingerprint density at radius 3 is 2.84 bits per heavy atom. The molecule has 1 unspecified atom stereocenters. The third-order valence-electron chi connectivity index (χ3n) is 2.69. The number of anilines is 1. The van der Waals surface area contributed by atoms with Crippen LogP contribution in [0.25, 0.3) is 0 Å². The molecule has 102 valence electrons. The smallest absolute Gasteiger partial charge is 0.289 e. The lowest BCUT2D eigenvalue weighted by Crippen LogP contribution is -2.24. The molecule has 0 aliphatic rings. The molecule has 6 heteroatoms. The molecule has 0 saturated carbocycles. The van der Waals surface area contributed by atoms with Gasteiger partial charge >= 0.3 is 0 Å². The summed E-state index contributed by atoms with van der Waals surface area (Å²) in [7, 11) is 1.62. The van der Waals surface area contributed by atoms with Crippen LogP contribution in [-0.4, -0.2) is 24.7 Å². The second-order valence-corrected chi connectivity index (χ2v) is 4.19. The summed E-state index contributed by atoms with van der Waals surface area (Å²) >= 11 is 0. The van der Waals surface area contributed by atoms with Crippen molar-refractivity contribution in [1.29, 1.82) is 5.26 Å². The van der Waals surface area contributed by atoms with Crippen molar-refractivity contribution in [2.45, 2.75) is 25.8 Å². The van der Waals surface area contributed by atoms with E-state index in [0.29, 0.717) is 12.3 Å². The summed E-state index contributed by atoms with van der Waals surface area (Å²) in [6.45, 7) is 2.59. The molecule has 0 aliphatic carbocycles. The van der Waals surface area contributed by atoms with Gasteiger partial charge in [-0.1, -0.05) is 13.3 Å². The fourth-order valence-corrected chi connectivity index (χ4v) is 1.85. The predicted octanol–water partition coefficient (Wildman–Crippen LogP) is 2.69. The molecule has 0 saturated heterocycles. The number of nitro groups is 1. The molecule has 1 N–H and O–H groups in total. The Morgan fingerprint density at radius 2 is 2.32 bits per heavy atom. The van der Waals surface area contributed by atoms with Crippen molar-refractivity contribution in [3.8, 4) is 6.07 Å². The second-order valence-electron chi connectivity index (χ2n) is 4.19. The minimum absolute atomic E-state index is 0.0642. The first kappa shape index (κ1) is 14.9. The predicted molar refractivity (Wildman–Crippen MR) is 72.0 cm³/mol. The number of rotatable bonds is 7. The molecule has 0 radical (unpaired) electrons. The van der Waals surface area contributed by atoms with Gasteiger partial charge in [-0.05, 0) is 18.6 Å². The summed E-state index contributed by atoms with van der Waals surface area (Å²) in [5.74, 6) is 0. The molecule has 1 aromatic rings. The first-order valence-electron chi connectivity index (χ1n) is 6.06. The molecule has 1 rings (SSSR count). The van der Waals surface area contributed by atoms with E-state index in [1.807, 2.05) is 6.07 Å². The van der Waals surface area contributed by atoms with Crippen LogP contribution in [0.3, 0.4) is 0 Å². The van der Waals surface area contributed by atoms with E-state index in [0.717, 1.165) is 12.8 Å². The van der Waals surface area contributed by atoms with Crippen LogP contribution in [0.4, 0.5) is 11.4 Å². The van der Waals surface area contributed by atoms with Crippen molar-refractivity contribution >= 4 is 11.4 Å². The molecular formula is C13H17N3O3. The van der Waals surface area contributed by atoms with Gasteiger partial charge in [-0.15, -0.1) is 0 Å². The van der Waals surface area contributed by atoms with Crippen LogP contribution in [0.15, 0.2) is 18.2 Å². The zero-order chi connectivity index (χ0) is 14.3. The number of methoxy groups -OCH3 is 1. The van der Waals surface area contributed by atoms with E-state index in [-0.39, 0.29) is 17.3 Å². The van der Waals surface area contributed by atoms with Crippen molar-refractivity contribution in [2.24, 2.45) is 0 Å². The Bertz CT molecular complexity index is 477. The van der Waals surface area contributed by atoms with Gasteiger partial charge in [0.25, 0.3) is 5.69 Å². The number of hydrogen-bond donors (Lipinski definition) is 1. The number of benzene rings is 1. The maximum atomic E-state index is 10.9. The van der Waals surface area contributed by atoms with Gasteiger partial charge in [-0.2, -0.15) is 5.26 Å². The van der Waals surface area contributed by atoms with Crippen molar-refractivity contribution in [3.63, 3.8) is 0 Å². The molecule has 0 spiro atoms. The quantitative estimate of drug-likeness (QED) is 0.603. The highest BCUT2D eigenvalue weighted by Crippen LogP contribution is 2.23. The lowest BCUT2D eigenvalue weighted by atomic mass is 10.1. The monoisotopic (exact) mass is 263 g/mol. The first-order valence-corrected chi connectivity index (χ1v) is 6.06. The molecule has 0 heterocycles. The molecular weight excluding hydrogens is 246 g/mol. The van der Waals surface area contributed by atoms with Crippen molar-refractivity contribution in [2.75, 3.05) is 19.0 Å². The van der Waals surface area contributed by atoms with Crippen LogP contribution in [0.1, 0.15) is 25.3 Å². The van der Waals surface area contributed by atoms with Crippen LogP contribution in [0, 0.1) is 21.4 Å². The lowest BCUT2D eigenvalue weighted by Gasteiger charge is -2.18. The van der Waals surface area contributed by atoms with Gasteiger partial charge in [-0.25, -0.2) is 0 Å². The third-order valence-corrected chi connectivity index (χ3v) is 2.69. The molecule has 1 aromatic carbocycles. The van der Waals surface area contributed by atoms with E-state index in [2.05, 4.69) is 12.2 Å². The van der Waals surface area contributed by atoms with Gasteiger partial charge in [-0.3, -0.25) is 10.1 Å². The lowest BCUT2D eigenvalue weighted by molar-refractivity contribution is -0.385.